The van der Waals surface area contributed by atoms with E-state index in [0.29, 0.717) is 5.69 Å². The first-order chi connectivity index (χ1) is 8.78. The van der Waals surface area contributed by atoms with Crippen LogP contribution in [0.2, 0.25) is 0 Å². The summed E-state index contributed by atoms with van der Waals surface area (Å²) in [6.07, 6.45) is -0.434. The lowest BCUT2D eigenvalue weighted by Gasteiger charge is -2.21. The van der Waals surface area contributed by atoms with E-state index < -0.39 is 24.0 Å². The minimum Gasteiger partial charge on any atom is -0.481 e. The molecule has 1 aromatic rings. The quantitative estimate of drug-likeness (QED) is 0.586. The molecule has 19 heavy (non-hydrogen) atoms. The van der Waals surface area contributed by atoms with Gasteiger partial charge in [0.15, 0.2) is 0 Å². The lowest BCUT2D eigenvalue weighted by molar-refractivity contribution is -0.141. The molecule has 0 radical (unpaired) electrons. The number of benzene rings is 1. The molecule has 0 bridgehead atoms. The average Bonchev–Trinajstić information content (AvgIpc) is 2.25. The predicted octanol–water partition coefficient (Wildman–Crippen LogP) is 1.64. The van der Waals surface area contributed by atoms with Crippen LogP contribution in [0.15, 0.2) is 24.3 Å². The van der Waals surface area contributed by atoms with Gasteiger partial charge in [0.25, 0.3) is 0 Å². The van der Waals surface area contributed by atoms with E-state index in [1.54, 1.807) is 18.2 Å². The first kappa shape index (κ1) is 15.7. The van der Waals surface area contributed by atoms with Crippen LogP contribution >= 0.6 is 22.6 Å². The Hall–Kier alpha value is -1.35. The molecule has 0 spiro atoms. The third kappa shape index (κ3) is 6.39. The highest BCUT2D eigenvalue weighted by Crippen LogP contribution is 2.12. The molecule has 104 valence electrons. The van der Waals surface area contributed by atoms with Crippen LogP contribution in [0.5, 0.6) is 0 Å². The topological polar surface area (TPSA) is 98.7 Å². The van der Waals surface area contributed by atoms with Crippen LogP contribution in [-0.4, -0.2) is 34.4 Å². The van der Waals surface area contributed by atoms with Crippen molar-refractivity contribution in [2.75, 3.05) is 11.9 Å². The SMILES string of the molecule is CC(O)(CNC(=O)Nc1cccc(I)c1)CC(=O)O. The molecule has 0 saturated heterocycles. The number of hydrogen-bond acceptors (Lipinski definition) is 3. The summed E-state index contributed by atoms with van der Waals surface area (Å²) in [5.41, 5.74) is -0.851. The molecule has 0 aromatic heterocycles. The molecule has 0 fully saturated rings. The molecule has 0 aliphatic rings. The van der Waals surface area contributed by atoms with Crippen molar-refractivity contribution >= 4 is 40.3 Å². The number of carbonyl (C=O) groups excluding carboxylic acids is 1. The van der Waals surface area contributed by atoms with Crippen LogP contribution in [0, 0.1) is 3.57 Å². The molecule has 1 aromatic carbocycles. The van der Waals surface area contributed by atoms with Crippen LogP contribution in [0.25, 0.3) is 0 Å². The molecule has 0 aliphatic carbocycles. The van der Waals surface area contributed by atoms with E-state index in [1.807, 2.05) is 6.07 Å². The molecule has 4 N–H and O–H groups in total. The highest BCUT2D eigenvalue weighted by Gasteiger charge is 2.24. The minimum atomic E-state index is -1.48. The zero-order chi connectivity index (χ0) is 14.5. The maximum absolute atomic E-state index is 11.6. The number of nitrogens with one attached hydrogen (secondary N) is 2. The van der Waals surface area contributed by atoms with Crippen LogP contribution in [-0.2, 0) is 4.79 Å². The number of carboxylic acids is 1. The first-order valence-electron chi connectivity index (χ1n) is 5.53. The van der Waals surface area contributed by atoms with Gasteiger partial charge in [-0.15, -0.1) is 0 Å². The standard InChI is InChI=1S/C12H15IN2O4/c1-12(19,6-10(16)17)7-14-11(18)15-9-4-2-3-8(13)5-9/h2-5,19H,6-7H2,1H3,(H,16,17)(H2,14,15,18). The van der Waals surface area contributed by atoms with Crippen LogP contribution in [0.3, 0.4) is 0 Å². The molecule has 7 heteroatoms. The highest BCUT2D eigenvalue weighted by molar-refractivity contribution is 14.1. The number of hydrogen-bond donors (Lipinski definition) is 4. The molecular formula is C12H15IN2O4. The summed E-state index contributed by atoms with van der Waals surface area (Å²) < 4.78 is 0.980. The molecule has 2 amide bonds. The Morgan fingerprint density at radius 3 is 2.68 bits per heavy atom. The lowest BCUT2D eigenvalue weighted by Crippen LogP contribution is -2.43. The van der Waals surface area contributed by atoms with E-state index in [2.05, 4.69) is 33.2 Å². The minimum absolute atomic E-state index is 0.144. The maximum atomic E-state index is 11.6. The van der Waals surface area contributed by atoms with Crippen molar-refractivity contribution in [3.63, 3.8) is 0 Å². The van der Waals surface area contributed by atoms with Crippen molar-refractivity contribution in [2.24, 2.45) is 0 Å². The van der Waals surface area contributed by atoms with Gasteiger partial charge in [-0.25, -0.2) is 4.79 Å². The third-order valence-corrected chi connectivity index (χ3v) is 2.92. The van der Waals surface area contributed by atoms with Crippen molar-refractivity contribution in [3.05, 3.63) is 27.8 Å². The summed E-state index contributed by atoms with van der Waals surface area (Å²) in [6, 6.07) is 6.72. The summed E-state index contributed by atoms with van der Waals surface area (Å²) >= 11 is 2.12. The fourth-order valence-electron chi connectivity index (χ4n) is 1.40. The summed E-state index contributed by atoms with van der Waals surface area (Å²) in [5.74, 6) is -1.12. The normalized spacial score (nSPS) is 13.4. The van der Waals surface area contributed by atoms with Gasteiger partial charge in [0.2, 0.25) is 0 Å². The van der Waals surface area contributed by atoms with Crippen LogP contribution < -0.4 is 10.6 Å². The highest BCUT2D eigenvalue weighted by atomic mass is 127. The second kappa shape index (κ2) is 6.71. The Balaban J connectivity index is 2.46. The smallest absolute Gasteiger partial charge is 0.319 e. The first-order valence-corrected chi connectivity index (χ1v) is 6.61. The number of aliphatic carboxylic acids is 1. The molecule has 1 rings (SSSR count). The second-order valence-corrected chi connectivity index (χ2v) is 5.63. The molecule has 1 atom stereocenters. The fraction of sp³-hybridized carbons (Fsp3) is 0.333. The van der Waals surface area contributed by atoms with Gasteiger partial charge in [0.1, 0.15) is 0 Å². The van der Waals surface area contributed by atoms with Crippen molar-refractivity contribution in [2.45, 2.75) is 18.9 Å². The van der Waals surface area contributed by atoms with Gasteiger partial charge in [-0.1, -0.05) is 6.07 Å². The Labute approximate surface area is 124 Å². The van der Waals surface area contributed by atoms with E-state index in [0.717, 1.165) is 3.57 Å². The summed E-state index contributed by atoms with van der Waals surface area (Å²) in [7, 11) is 0. The van der Waals surface area contributed by atoms with Crippen molar-refractivity contribution in [1.29, 1.82) is 0 Å². The summed E-state index contributed by atoms with van der Waals surface area (Å²) in [4.78, 5) is 22.1. The Morgan fingerprint density at radius 1 is 1.42 bits per heavy atom. The van der Waals surface area contributed by atoms with Gasteiger partial charge in [0, 0.05) is 15.8 Å². The van der Waals surface area contributed by atoms with Crippen LogP contribution in [0.1, 0.15) is 13.3 Å². The zero-order valence-electron chi connectivity index (χ0n) is 10.3. The zero-order valence-corrected chi connectivity index (χ0v) is 12.5. The summed E-state index contributed by atoms with van der Waals surface area (Å²) in [5, 5.41) is 23.3. The van der Waals surface area contributed by atoms with Crippen molar-refractivity contribution in [1.82, 2.24) is 5.32 Å². The molecular weight excluding hydrogens is 363 g/mol. The van der Waals surface area contributed by atoms with Crippen molar-refractivity contribution in [3.8, 4) is 0 Å². The van der Waals surface area contributed by atoms with E-state index >= 15 is 0 Å². The molecule has 6 nitrogen and oxygen atoms in total. The Kier molecular flexibility index (Phi) is 5.55. The van der Waals surface area contributed by atoms with Crippen LogP contribution in [0.4, 0.5) is 10.5 Å². The lowest BCUT2D eigenvalue weighted by atomic mass is 10.0. The molecule has 0 heterocycles. The number of amides is 2. The van der Waals surface area contributed by atoms with Gasteiger partial charge >= 0.3 is 12.0 Å². The Bertz CT molecular complexity index is 477. The van der Waals surface area contributed by atoms with E-state index in [-0.39, 0.29) is 6.54 Å². The van der Waals surface area contributed by atoms with Crippen molar-refractivity contribution < 1.29 is 19.8 Å². The number of urea groups is 1. The Morgan fingerprint density at radius 2 is 2.11 bits per heavy atom. The van der Waals surface area contributed by atoms with Gasteiger partial charge in [-0.05, 0) is 47.7 Å². The number of carbonyl (C=O) groups is 2. The number of halogens is 1. The number of aliphatic hydroxyl groups is 1. The van der Waals surface area contributed by atoms with Gasteiger partial charge in [0.05, 0.1) is 12.0 Å². The predicted molar refractivity (Wildman–Crippen MR) is 79.1 cm³/mol. The van der Waals surface area contributed by atoms with E-state index in [1.165, 1.54) is 6.92 Å². The number of anilines is 1. The maximum Gasteiger partial charge on any atom is 0.319 e. The van der Waals surface area contributed by atoms with E-state index in [9.17, 15) is 14.7 Å². The van der Waals surface area contributed by atoms with Gasteiger partial charge in [-0.2, -0.15) is 0 Å². The monoisotopic (exact) mass is 378 g/mol. The largest absolute Gasteiger partial charge is 0.481 e. The van der Waals surface area contributed by atoms with Gasteiger partial charge < -0.3 is 20.8 Å². The molecule has 0 saturated carbocycles. The number of rotatable bonds is 5. The van der Waals surface area contributed by atoms with E-state index in [4.69, 9.17) is 5.11 Å². The summed E-state index contributed by atoms with van der Waals surface area (Å²) in [6.45, 7) is 1.21. The molecule has 0 aliphatic heterocycles. The number of carboxylic acid groups (broad SMARTS) is 1. The van der Waals surface area contributed by atoms with Gasteiger partial charge in [-0.3, -0.25) is 4.79 Å². The molecule has 1 unspecified atom stereocenters. The second-order valence-electron chi connectivity index (χ2n) is 4.39. The average molecular weight is 378 g/mol. The fourth-order valence-corrected chi connectivity index (χ4v) is 1.94. The third-order valence-electron chi connectivity index (χ3n) is 2.24.